The highest BCUT2D eigenvalue weighted by Crippen LogP contribution is 2.29. The number of nitro groups is 1. The first-order chi connectivity index (χ1) is 12.7. The van der Waals surface area contributed by atoms with Gasteiger partial charge in [-0.25, -0.2) is 4.79 Å². The first kappa shape index (κ1) is 20.9. The Hall–Kier alpha value is -2.36. The molecular weight excluding hydrogens is 356 g/mol. The standard InChI is InChI=1S/C17H28N4O6/c1-12(27-16(22)18-17(2,3)4)5-10-26-15-14(21(23)24)11-20(19-15)13-6-8-25-9-7-13/h11-13H,5-10H2,1-4H3,(H,18,22)/t12-/m1/s1. The molecule has 1 fully saturated rings. The predicted molar refractivity (Wildman–Crippen MR) is 96.9 cm³/mol. The van der Waals surface area contributed by atoms with Gasteiger partial charge in [0.1, 0.15) is 12.3 Å². The van der Waals surface area contributed by atoms with Gasteiger partial charge in [-0.3, -0.25) is 14.8 Å². The number of hydrogen-bond acceptors (Lipinski definition) is 7. The van der Waals surface area contributed by atoms with Gasteiger partial charge in [0.25, 0.3) is 0 Å². The lowest BCUT2D eigenvalue weighted by atomic mass is 10.1. The van der Waals surface area contributed by atoms with Crippen LogP contribution in [-0.4, -0.2) is 52.3 Å². The lowest BCUT2D eigenvalue weighted by molar-refractivity contribution is -0.386. The summed E-state index contributed by atoms with van der Waals surface area (Å²) in [6.07, 6.45) is 2.40. The average molecular weight is 384 g/mol. The SMILES string of the molecule is C[C@H](CCOc1nn(C2CCOCC2)cc1[N+](=O)[O-])OC(=O)NC(C)(C)C. The van der Waals surface area contributed by atoms with Crippen molar-refractivity contribution in [1.29, 1.82) is 0 Å². The van der Waals surface area contributed by atoms with Crippen LogP contribution in [0.4, 0.5) is 10.5 Å². The Kier molecular flexibility index (Phi) is 7.00. The minimum Gasteiger partial charge on any atom is -0.472 e. The van der Waals surface area contributed by atoms with Gasteiger partial charge in [-0.1, -0.05) is 0 Å². The fraction of sp³-hybridized carbons (Fsp3) is 0.765. The number of alkyl carbamates (subject to hydrolysis) is 1. The summed E-state index contributed by atoms with van der Waals surface area (Å²) in [5.41, 5.74) is -0.550. The van der Waals surface area contributed by atoms with Crippen LogP contribution >= 0.6 is 0 Å². The van der Waals surface area contributed by atoms with E-state index in [0.717, 1.165) is 12.8 Å². The van der Waals surface area contributed by atoms with Crippen molar-refractivity contribution in [2.45, 2.75) is 64.6 Å². The fourth-order valence-corrected chi connectivity index (χ4v) is 2.63. The van der Waals surface area contributed by atoms with Gasteiger partial charge in [0, 0.05) is 25.2 Å². The van der Waals surface area contributed by atoms with Gasteiger partial charge in [-0.15, -0.1) is 5.10 Å². The summed E-state index contributed by atoms with van der Waals surface area (Å²) in [5.74, 6) is -0.0159. The van der Waals surface area contributed by atoms with Crippen LogP contribution in [0.3, 0.4) is 0 Å². The molecule has 27 heavy (non-hydrogen) atoms. The fourth-order valence-electron chi connectivity index (χ4n) is 2.63. The highest BCUT2D eigenvalue weighted by Gasteiger charge is 2.26. The van der Waals surface area contributed by atoms with Gasteiger partial charge in [0.05, 0.1) is 17.6 Å². The number of carbonyl (C=O) groups is 1. The number of hydrogen-bond donors (Lipinski definition) is 1. The minimum absolute atomic E-state index is 0.0159. The van der Waals surface area contributed by atoms with Crippen LogP contribution in [0.1, 0.15) is 53.0 Å². The molecule has 0 aliphatic carbocycles. The number of amides is 1. The van der Waals surface area contributed by atoms with Crippen molar-refractivity contribution in [2.75, 3.05) is 19.8 Å². The number of nitrogens with one attached hydrogen (secondary N) is 1. The molecule has 0 unspecified atom stereocenters. The van der Waals surface area contributed by atoms with Crippen molar-refractivity contribution in [1.82, 2.24) is 15.1 Å². The highest BCUT2D eigenvalue weighted by atomic mass is 16.6. The summed E-state index contributed by atoms with van der Waals surface area (Å²) in [4.78, 5) is 22.5. The second kappa shape index (κ2) is 9.03. The van der Waals surface area contributed by atoms with Crippen LogP contribution in [0.15, 0.2) is 6.20 Å². The van der Waals surface area contributed by atoms with Gasteiger partial charge in [-0.2, -0.15) is 0 Å². The summed E-state index contributed by atoms with van der Waals surface area (Å²) in [5, 5.41) is 18.2. The van der Waals surface area contributed by atoms with Crippen LogP contribution in [0.25, 0.3) is 0 Å². The molecule has 0 radical (unpaired) electrons. The van der Waals surface area contributed by atoms with Crippen LogP contribution < -0.4 is 10.1 Å². The normalized spacial score (nSPS) is 16.6. The maximum atomic E-state index is 11.7. The molecule has 1 aromatic heterocycles. The number of nitrogens with zero attached hydrogens (tertiary/aromatic N) is 3. The van der Waals surface area contributed by atoms with Crippen molar-refractivity contribution in [3.63, 3.8) is 0 Å². The first-order valence-corrected chi connectivity index (χ1v) is 9.08. The molecule has 1 saturated heterocycles. The molecule has 1 aliphatic rings. The maximum Gasteiger partial charge on any atom is 0.407 e. The first-order valence-electron chi connectivity index (χ1n) is 9.08. The molecule has 1 amide bonds. The van der Waals surface area contributed by atoms with Crippen molar-refractivity contribution >= 4 is 11.8 Å². The van der Waals surface area contributed by atoms with E-state index in [4.69, 9.17) is 14.2 Å². The van der Waals surface area contributed by atoms with Crippen molar-refractivity contribution in [3.05, 3.63) is 16.3 Å². The smallest absolute Gasteiger partial charge is 0.407 e. The second-order valence-corrected chi connectivity index (χ2v) is 7.63. The zero-order chi connectivity index (χ0) is 20.0. The molecule has 1 aliphatic heterocycles. The molecule has 1 N–H and O–H groups in total. The van der Waals surface area contributed by atoms with E-state index in [2.05, 4.69) is 10.4 Å². The minimum atomic E-state index is -0.509. The maximum absolute atomic E-state index is 11.7. The topological polar surface area (TPSA) is 118 Å². The van der Waals surface area contributed by atoms with Gasteiger partial charge in [0.15, 0.2) is 0 Å². The Labute approximate surface area is 158 Å². The quantitative estimate of drug-likeness (QED) is 0.567. The molecule has 152 valence electrons. The van der Waals surface area contributed by atoms with E-state index in [1.54, 1.807) is 11.6 Å². The van der Waals surface area contributed by atoms with Crippen molar-refractivity contribution < 1.29 is 23.9 Å². The molecule has 2 rings (SSSR count). The van der Waals surface area contributed by atoms with E-state index < -0.39 is 17.1 Å². The lowest BCUT2D eigenvalue weighted by Crippen LogP contribution is -2.42. The Morgan fingerprint density at radius 1 is 1.48 bits per heavy atom. The van der Waals surface area contributed by atoms with E-state index in [1.807, 2.05) is 20.8 Å². The van der Waals surface area contributed by atoms with Gasteiger partial charge >= 0.3 is 17.7 Å². The molecule has 10 nitrogen and oxygen atoms in total. The second-order valence-electron chi connectivity index (χ2n) is 7.63. The Morgan fingerprint density at radius 2 is 2.15 bits per heavy atom. The van der Waals surface area contributed by atoms with Crippen LogP contribution in [0.2, 0.25) is 0 Å². The third kappa shape index (κ3) is 6.70. The van der Waals surface area contributed by atoms with Crippen molar-refractivity contribution in [3.8, 4) is 5.88 Å². The third-order valence-electron chi connectivity index (χ3n) is 3.99. The predicted octanol–water partition coefficient (Wildman–Crippen LogP) is 2.82. The van der Waals surface area contributed by atoms with Crippen molar-refractivity contribution in [2.24, 2.45) is 0 Å². The number of carbonyl (C=O) groups excluding carboxylic acids is 1. The molecular formula is C17H28N4O6. The van der Waals surface area contributed by atoms with Gasteiger partial charge in [-0.05, 0) is 40.5 Å². The monoisotopic (exact) mass is 384 g/mol. The third-order valence-corrected chi connectivity index (χ3v) is 3.99. The number of rotatable bonds is 7. The van der Waals surface area contributed by atoms with E-state index >= 15 is 0 Å². The Morgan fingerprint density at radius 3 is 2.74 bits per heavy atom. The lowest BCUT2D eigenvalue weighted by Gasteiger charge is -2.22. The molecule has 0 spiro atoms. The summed E-state index contributed by atoms with van der Waals surface area (Å²) in [6, 6.07) is 0.0677. The molecule has 0 aromatic carbocycles. The van der Waals surface area contributed by atoms with E-state index in [-0.39, 0.29) is 29.8 Å². The van der Waals surface area contributed by atoms with Gasteiger partial charge in [0.2, 0.25) is 0 Å². The van der Waals surface area contributed by atoms with Crippen LogP contribution in [0.5, 0.6) is 5.88 Å². The summed E-state index contributed by atoms with van der Waals surface area (Å²) >= 11 is 0. The summed E-state index contributed by atoms with van der Waals surface area (Å²) < 4.78 is 17.6. The zero-order valence-electron chi connectivity index (χ0n) is 16.3. The average Bonchev–Trinajstić information content (AvgIpc) is 2.98. The molecule has 0 saturated carbocycles. The van der Waals surface area contributed by atoms with E-state index in [1.165, 1.54) is 6.20 Å². The Balaban J connectivity index is 1.88. The molecule has 1 atom stereocenters. The Bertz CT molecular complexity index is 648. The van der Waals surface area contributed by atoms with Gasteiger partial charge < -0.3 is 19.5 Å². The van der Waals surface area contributed by atoms with Crippen LogP contribution in [0, 0.1) is 10.1 Å². The van der Waals surface area contributed by atoms with Crippen LogP contribution in [-0.2, 0) is 9.47 Å². The zero-order valence-corrected chi connectivity index (χ0v) is 16.3. The molecule has 10 heteroatoms. The molecule has 1 aromatic rings. The molecule has 0 bridgehead atoms. The van der Waals surface area contributed by atoms with E-state index in [9.17, 15) is 14.9 Å². The number of aromatic nitrogens is 2. The summed E-state index contributed by atoms with van der Waals surface area (Å²) in [6.45, 7) is 8.68. The molecule has 2 heterocycles. The van der Waals surface area contributed by atoms with E-state index in [0.29, 0.717) is 19.6 Å². The highest BCUT2D eigenvalue weighted by molar-refractivity contribution is 5.68. The largest absolute Gasteiger partial charge is 0.472 e. The summed E-state index contributed by atoms with van der Waals surface area (Å²) in [7, 11) is 0. The number of ether oxygens (including phenoxy) is 3.